The Hall–Kier alpha value is -2.41. The second kappa shape index (κ2) is 26.0. The zero-order valence-electron chi connectivity index (χ0n) is 25.8. The molecule has 43 heavy (non-hydrogen) atoms. The molecule has 0 rings (SSSR count). The molecule has 0 saturated heterocycles. The summed E-state index contributed by atoms with van der Waals surface area (Å²) in [5.41, 5.74) is 16.9. The Morgan fingerprint density at radius 1 is 0.907 bits per heavy atom. The molecule has 0 saturated carbocycles. The number of azide groups is 2. The van der Waals surface area contributed by atoms with Crippen molar-refractivity contribution >= 4 is 19.7 Å². The van der Waals surface area contributed by atoms with Crippen LogP contribution >= 0.6 is 7.82 Å². The maximum Gasteiger partial charge on any atom is 0.472 e. The van der Waals surface area contributed by atoms with Crippen LogP contribution in [0.2, 0.25) is 0 Å². The highest BCUT2D eigenvalue weighted by Crippen LogP contribution is 2.42. The molecule has 248 valence electrons. The van der Waals surface area contributed by atoms with Crippen LogP contribution in [0.3, 0.4) is 0 Å². The second-order valence-electron chi connectivity index (χ2n) is 10.7. The van der Waals surface area contributed by atoms with Crippen molar-refractivity contribution in [3.8, 4) is 0 Å². The highest BCUT2D eigenvalue weighted by atomic mass is 31.2. The van der Waals surface area contributed by atoms with Gasteiger partial charge in [0.05, 0.1) is 46.4 Å². The van der Waals surface area contributed by atoms with Crippen LogP contribution in [0.15, 0.2) is 10.2 Å². The quantitative estimate of drug-likeness (QED) is 0.0194. The fraction of sp³-hybridized carbons (Fsp3) is 0.923. The average molecular weight is 636 g/mol. The number of likely N-dealkylation sites (N-methyl/N-ethyl adjacent to an activating group) is 1. The molecule has 0 bridgehead atoms. The molecular weight excluding hydrogens is 583 g/mol. The summed E-state index contributed by atoms with van der Waals surface area (Å²) in [5, 5.41) is 19.4. The largest absolute Gasteiger partial charge is 0.472 e. The maximum atomic E-state index is 12.3. The fourth-order valence-corrected chi connectivity index (χ4v) is 4.90. The van der Waals surface area contributed by atoms with Crippen LogP contribution in [-0.2, 0) is 27.9 Å². The van der Waals surface area contributed by atoms with E-state index in [0.717, 1.165) is 19.3 Å². The van der Waals surface area contributed by atoms with Crippen LogP contribution < -0.4 is 5.32 Å². The standard InChI is InChI=1S/C26H51N8O8P/c1-3-4-5-6-7-8-9-10-11-12-13-14-26(37)40-22-24(35)23-42-43(38,39)41-20-17-29-25(36)21-34(2,18-15-30-32-27)19-16-31-33-28/h24,35H,3-23H2,1-2H3,(H-,29,36,38,39)/p+1/t24-/m1/s1. The molecule has 0 aromatic rings. The number of unbranched alkanes of at least 4 members (excludes halogenated alkanes) is 10. The first-order valence-electron chi connectivity index (χ1n) is 15.1. The molecule has 0 fully saturated rings. The van der Waals surface area contributed by atoms with Crippen molar-refractivity contribution in [3.63, 3.8) is 0 Å². The summed E-state index contributed by atoms with van der Waals surface area (Å²) in [5.74, 6) is -0.841. The molecule has 0 heterocycles. The van der Waals surface area contributed by atoms with Crippen molar-refractivity contribution in [2.24, 2.45) is 10.2 Å². The van der Waals surface area contributed by atoms with E-state index in [9.17, 15) is 24.2 Å². The number of carbonyl (C=O) groups excluding carboxylic acids is 2. The number of nitrogens with zero attached hydrogens (tertiary/aromatic N) is 7. The molecule has 3 N–H and O–H groups in total. The van der Waals surface area contributed by atoms with Crippen LogP contribution in [0.5, 0.6) is 0 Å². The minimum absolute atomic E-state index is 0.0145. The van der Waals surface area contributed by atoms with Crippen molar-refractivity contribution in [1.29, 1.82) is 0 Å². The topological polar surface area (TPSA) is 229 Å². The van der Waals surface area contributed by atoms with E-state index in [0.29, 0.717) is 19.5 Å². The van der Waals surface area contributed by atoms with Gasteiger partial charge in [-0.3, -0.25) is 18.6 Å². The first kappa shape index (κ1) is 40.6. The summed E-state index contributed by atoms with van der Waals surface area (Å²) in [6.45, 7) is 1.77. The molecule has 1 amide bonds. The summed E-state index contributed by atoms with van der Waals surface area (Å²) >= 11 is 0. The summed E-state index contributed by atoms with van der Waals surface area (Å²) in [6.07, 6.45) is 11.8. The van der Waals surface area contributed by atoms with E-state index in [4.69, 9.17) is 24.8 Å². The predicted molar refractivity (Wildman–Crippen MR) is 162 cm³/mol. The average Bonchev–Trinajstić information content (AvgIpc) is 2.96. The summed E-state index contributed by atoms with van der Waals surface area (Å²) < 4.78 is 26.8. The van der Waals surface area contributed by atoms with Gasteiger partial charge in [-0.2, -0.15) is 0 Å². The predicted octanol–water partition coefficient (Wildman–Crippen LogP) is 4.91. The van der Waals surface area contributed by atoms with Crippen LogP contribution in [0.4, 0.5) is 0 Å². The first-order valence-corrected chi connectivity index (χ1v) is 16.6. The van der Waals surface area contributed by atoms with Crippen molar-refractivity contribution < 1.29 is 42.4 Å². The Morgan fingerprint density at radius 3 is 1.98 bits per heavy atom. The number of phosphoric acid groups is 1. The number of aliphatic hydroxyl groups excluding tert-OH is 1. The Morgan fingerprint density at radius 2 is 1.44 bits per heavy atom. The number of rotatable bonds is 29. The van der Waals surface area contributed by atoms with Gasteiger partial charge in [0.25, 0.3) is 5.91 Å². The van der Waals surface area contributed by atoms with Crippen molar-refractivity contribution in [3.05, 3.63) is 20.9 Å². The Balaban J connectivity index is 4.06. The van der Waals surface area contributed by atoms with Gasteiger partial charge in [-0.1, -0.05) is 81.4 Å². The molecule has 17 heteroatoms. The fourth-order valence-electron chi connectivity index (χ4n) is 4.15. The number of carbonyl (C=O) groups is 2. The van der Waals surface area contributed by atoms with Gasteiger partial charge in [-0.15, -0.1) is 0 Å². The molecule has 0 aliphatic rings. The van der Waals surface area contributed by atoms with Gasteiger partial charge in [-0.05, 0) is 17.5 Å². The van der Waals surface area contributed by atoms with E-state index in [2.05, 4.69) is 32.3 Å². The number of nitrogens with one attached hydrogen (secondary N) is 1. The zero-order valence-corrected chi connectivity index (χ0v) is 26.7. The number of quaternary nitrogens is 1. The normalized spacial score (nSPS) is 14.4. The van der Waals surface area contributed by atoms with Gasteiger partial charge in [-0.25, -0.2) is 4.57 Å². The van der Waals surface area contributed by atoms with Gasteiger partial charge in [0.15, 0.2) is 6.54 Å². The molecular formula is C26H52N8O8P+. The molecule has 0 aromatic carbocycles. The minimum atomic E-state index is -4.52. The van der Waals surface area contributed by atoms with Crippen LogP contribution in [0.25, 0.3) is 20.9 Å². The molecule has 16 nitrogen and oxygen atoms in total. The number of phosphoric ester groups is 1. The lowest BCUT2D eigenvalue weighted by Gasteiger charge is -2.33. The molecule has 1 unspecified atom stereocenters. The lowest BCUT2D eigenvalue weighted by molar-refractivity contribution is -0.899. The van der Waals surface area contributed by atoms with Gasteiger partial charge in [0.1, 0.15) is 12.7 Å². The summed E-state index contributed by atoms with van der Waals surface area (Å²) in [7, 11) is -2.78. The van der Waals surface area contributed by atoms with Gasteiger partial charge in [0.2, 0.25) is 0 Å². The van der Waals surface area contributed by atoms with Crippen molar-refractivity contribution in [2.75, 3.05) is 66.1 Å². The van der Waals surface area contributed by atoms with E-state index in [1.54, 1.807) is 7.05 Å². The molecule has 0 aliphatic carbocycles. The number of ether oxygens (including phenoxy) is 1. The Labute approximate surface area is 254 Å². The summed E-state index contributed by atoms with van der Waals surface area (Å²) in [4.78, 5) is 39.4. The van der Waals surface area contributed by atoms with E-state index in [1.165, 1.54) is 44.9 Å². The first-order chi connectivity index (χ1) is 20.6. The lowest BCUT2D eigenvalue weighted by atomic mass is 10.1. The zero-order chi connectivity index (χ0) is 32.2. The van der Waals surface area contributed by atoms with Gasteiger partial charge >= 0.3 is 13.8 Å². The second-order valence-corrected chi connectivity index (χ2v) is 12.2. The van der Waals surface area contributed by atoms with Gasteiger partial charge in [0, 0.05) is 22.8 Å². The highest BCUT2D eigenvalue weighted by molar-refractivity contribution is 7.47. The molecule has 0 radical (unpaired) electrons. The third-order valence-electron chi connectivity index (χ3n) is 6.66. The molecule has 0 aromatic heterocycles. The SMILES string of the molecule is CCCCCCCCCCCCCC(=O)OC[C@@H](O)COP(=O)(O)OCCNC(=O)C[N+](C)(CCN=[N+]=[N-])CCN=[N+]=[N-]. The third-order valence-corrected chi connectivity index (χ3v) is 7.65. The van der Waals surface area contributed by atoms with Crippen LogP contribution in [0, 0.1) is 0 Å². The van der Waals surface area contributed by atoms with E-state index in [1.807, 2.05) is 0 Å². The number of aliphatic hydroxyl groups is 1. The third kappa shape index (κ3) is 25.8. The summed E-state index contributed by atoms with van der Waals surface area (Å²) in [6, 6.07) is 0. The van der Waals surface area contributed by atoms with Crippen molar-refractivity contribution in [2.45, 2.75) is 90.1 Å². The van der Waals surface area contributed by atoms with E-state index < -0.39 is 32.4 Å². The van der Waals surface area contributed by atoms with E-state index in [-0.39, 0.29) is 50.3 Å². The minimum Gasteiger partial charge on any atom is -0.463 e. The van der Waals surface area contributed by atoms with E-state index >= 15 is 0 Å². The monoisotopic (exact) mass is 635 g/mol. The van der Waals surface area contributed by atoms with Crippen LogP contribution in [0.1, 0.15) is 84.0 Å². The Bertz CT molecular complexity index is 894. The van der Waals surface area contributed by atoms with Crippen LogP contribution in [-0.4, -0.2) is 98.6 Å². The van der Waals surface area contributed by atoms with Crippen molar-refractivity contribution in [1.82, 2.24) is 5.32 Å². The maximum absolute atomic E-state index is 12.3. The van der Waals surface area contributed by atoms with Gasteiger partial charge < -0.3 is 24.5 Å². The highest BCUT2D eigenvalue weighted by Gasteiger charge is 2.26. The smallest absolute Gasteiger partial charge is 0.463 e. The lowest BCUT2D eigenvalue weighted by Crippen LogP contribution is -2.53. The molecule has 0 spiro atoms. The molecule has 0 aliphatic heterocycles. The number of hydrogen-bond acceptors (Lipinski definition) is 9. The number of esters is 1. The Kier molecular flexibility index (Phi) is 24.6. The molecule has 2 atom stereocenters. The number of hydrogen-bond donors (Lipinski definition) is 3. The number of amides is 1.